The number of hydrogen-bond donors (Lipinski definition) is 2. The monoisotopic (exact) mass is 280 g/mol. The highest BCUT2D eigenvalue weighted by atomic mass is 16.5. The lowest BCUT2D eigenvalue weighted by molar-refractivity contribution is 0.409. The van der Waals surface area contributed by atoms with Crippen LogP contribution in [-0.4, -0.2) is 12.1 Å². The van der Waals surface area contributed by atoms with Crippen LogP contribution >= 0.6 is 0 Å². The zero-order valence-corrected chi connectivity index (χ0v) is 12.7. The van der Waals surface area contributed by atoms with Gasteiger partial charge in [0.25, 0.3) is 0 Å². The smallest absolute Gasteiger partial charge is 0.126 e. The molecule has 0 radical (unpaired) electrons. The highest BCUT2D eigenvalue weighted by molar-refractivity contribution is 5.83. The van der Waals surface area contributed by atoms with Gasteiger partial charge in [-0.1, -0.05) is 18.2 Å². The molecule has 0 amide bonds. The second kappa shape index (κ2) is 5.52. The molecule has 3 heteroatoms. The molecule has 1 heterocycles. The number of rotatable bonds is 4. The van der Waals surface area contributed by atoms with E-state index in [2.05, 4.69) is 60.5 Å². The molecule has 3 rings (SSSR count). The number of methoxy groups -OCH3 is 1. The summed E-state index contributed by atoms with van der Waals surface area (Å²) < 4.78 is 5.48. The van der Waals surface area contributed by atoms with Gasteiger partial charge < -0.3 is 15.0 Å². The number of aryl methyl sites for hydroxylation is 1. The molecule has 108 valence electrons. The van der Waals surface area contributed by atoms with Crippen molar-refractivity contribution >= 4 is 16.6 Å². The van der Waals surface area contributed by atoms with Crippen molar-refractivity contribution < 1.29 is 4.74 Å². The molecule has 2 aromatic carbocycles. The maximum absolute atomic E-state index is 5.48. The normalized spacial score (nSPS) is 10.8. The lowest BCUT2D eigenvalue weighted by Crippen LogP contribution is -2.03. The molecule has 0 spiro atoms. The van der Waals surface area contributed by atoms with Crippen LogP contribution in [0, 0.1) is 13.8 Å². The van der Waals surface area contributed by atoms with E-state index in [1.165, 1.54) is 16.5 Å². The summed E-state index contributed by atoms with van der Waals surface area (Å²) >= 11 is 0. The summed E-state index contributed by atoms with van der Waals surface area (Å²) in [4.78, 5) is 3.25. The van der Waals surface area contributed by atoms with Crippen LogP contribution < -0.4 is 10.1 Å². The van der Waals surface area contributed by atoms with E-state index >= 15 is 0 Å². The molecular formula is C18H20N2O. The van der Waals surface area contributed by atoms with Crippen LogP contribution in [0.4, 0.5) is 5.69 Å². The fourth-order valence-corrected chi connectivity index (χ4v) is 2.83. The quantitative estimate of drug-likeness (QED) is 0.743. The Kier molecular flexibility index (Phi) is 3.57. The molecule has 2 N–H and O–H groups in total. The first-order valence-corrected chi connectivity index (χ1v) is 7.13. The van der Waals surface area contributed by atoms with Gasteiger partial charge in [0, 0.05) is 34.9 Å². The summed E-state index contributed by atoms with van der Waals surface area (Å²) in [7, 11) is 1.72. The van der Waals surface area contributed by atoms with Crippen molar-refractivity contribution in [1.82, 2.24) is 4.98 Å². The number of fused-ring (bicyclic) bond motifs is 1. The minimum absolute atomic E-state index is 0.794. The number of benzene rings is 2. The average molecular weight is 280 g/mol. The fourth-order valence-electron chi connectivity index (χ4n) is 2.83. The molecule has 0 atom stereocenters. The number of aromatic amines is 1. The summed E-state index contributed by atoms with van der Waals surface area (Å²) in [5.74, 6) is 0.958. The van der Waals surface area contributed by atoms with Gasteiger partial charge in [0.1, 0.15) is 5.75 Å². The summed E-state index contributed by atoms with van der Waals surface area (Å²) in [5, 5.41) is 4.78. The number of aromatic nitrogens is 1. The zero-order valence-electron chi connectivity index (χ0n) is 12.7. The van der Waals surface area contributed by atoms with E-state index in [1.807, 2.05) is 6.20 Å². The molecule has 0 bridgehead atoms. The van der Waals surface area contributed by atoms with Crippen LogP contribution in [0.2, 0.25) is 0 Å². The Morgan fingerprint density at radius 3 is 2.76 bits per heavy atom. The van der Waals surface area contributed by atoms with Gasteiger partial charge in [0.15, 0.2) is 0 Å². The third-order valence-electron chi connectivity index (χ3n) is 3.96. The Morgan fingerprint density at radius 1 is 1.10 bits per heavy atom. The van der Waals surface area contributed by atoms with Crippen LogP contribution in [0.3, 0.4) is 0 Å². The van der Waals surface area contributed by atoms with Crippen LogP contribution in [0.1, 0.15) is 16.7 Å². The van der Waals surface area contributed by atoms with Crippen molar-refractivity contribution in [2.75, 3.05) is 12.4 Å². The molecule has 0 aliphatic carbocycles. The molecule has 0 saturated heterocycles. The van der Waals surface area contributed by atoms with E-state index in [9.17, 15) is 0 Å². The van der Waals surface area contributed by atoms with Gasteiger partial charge in [-0.3, -0.25) is 0 Å². The van der Waals surface area contributed by atoms with E-state index in [0.717, 1.165) is 29.1 Å². The standard InChI is InChI=1S/C18H20N2O/c1-12-7-8-16(13(2)18(12)21-3)20-11-14-5-4-6-17-15(14)9-10-19-17/h4-10,19-20H,11H2,1-3H3. The first kappa shape index (κ1) is 13.6. The fraction of sp³-hybridized carbons (Fsp3) is 0.222. The van der Waals surface area contributed by atoms with Crippen molar-refractivity contribution in [2.45, 2.75) is 20.4 Å². The van der Waals surface area contributed by atoms with E-state index in [-0.39, 0.29) is 0 Å². The Morgan fingerprint density at radius 2 is 1.95 bits per heavy atom. The Bertz CT molecular complexity index is 774. The Hall–Kier alpha value is -2.42. The molecular weight excluding hydrogens is 260 g/mol. The number of nitrogens with one attached hydrogen (secondary N) is 2. The van der Waals surface area contributed by atoms with Gasteiger partial charge in [0.2, 0.25) is 0 Å². The van der Waals surface area contributed by atoms with E-state index in [1.54, 1.807) is 7.11 Å². The van der Waals surface area contributed by atoms with Gasteiger partial charge in [-0.15, -0.1) is 0 Å². The van der Waals surface area contributed by atoms with Gasteiger partial charge in [-0.05, 0) is 43.2 Å². The number of ether oxygens (including phenoxy) is 1. The molecule has 1 aromatic heterocycles. The van der Waals surface area contributed by atoms with Crippen LogP contribution in [-0.2, 0) is 6.54 Å². The number of H-pyrrole nitrogens is 1. The maximum atomic E-state index is 5.48. The zero-order chi connectivity index (χ0) is 14.8. The van der Waals surface area contributed by atoms with Crippen molar-refractivity contribution in [3.63, 3.8) is 0 Å². The predicted molar refractivity (Wildman–Crippen MR) is 88.1 cm³/mol. The minimum Gasteiger partial charge on any atom is -0.496 e. The van der Waals surface area contributed by atoms with E-state index in [4.69, 9.17) is 4.74 Å². The molecule has 0 fully saturated rings. The molecule has 0 aliphatic rings. The molecule has 3 nitrogen and oxygen atoms in total. The van der Waals surface area contributed by atoms with Gasteiger partial charge >= 0.3 is 0 Å². The molecule has 21 heavy (non-hydrogen) atoms. The Balaban J connectivity index is 1.87. The number of anilines is 1. The lowest BCUT2D eigenvalue weighted by Gasteiger charge is -2.15. The molecule has 0 aliphatic heterocycles. The van der Waals surface area contributed by atoms with Crippen molar-refractivity contribution in [3.8, 4) is 5.75 Å². The van der Waals surface area contributed by atoms with Crippen LogP contribution in [0.25, 0.3) is 10.9 Å². The largest absolute Gasteiger partial charge is 0.496 e. The first-order chi connectivity index (χ1) is 10.2. The highest BCUT2D eigenvalue weighted by Crippen LogP contribution is 2.29. The third kappa shape index (κ3) is 2.47. The predicted octanol–water partition coefficient (Wildman–Crippen LogP) is 4.41. The summed E-state index contributed by atoms with van der Waals surface area (Å²) in [6.45, 7) is 4.95. The molecule has 0 unspecified atom stereocenters. The topological polar surface area (TPSA) is 37.0 Å². The highest BCUT2D eigenvalue weighted by Gasteiger charge is 2.08. The molecule has 0 saturated carbocycles. The molecule has 3 aromatic rings. The van der Waals surface area contributed by atoms with Crippen molar-refractivity contribution in [1.29, 1.82) is 0 Å². The second-order valence-corrected chi connectivity index (χ2v) is 5.30. The maximum Gasteiger partial charge on any atom is 0.126 e. The third-order valence-corrected chi connectivity index (χ3v) is 3.96. The van der Waals surface area contributed by atoms with Crippen molar-refractivity contribution in [2.24, 2.45) is 0 Å². The lowest BCUT2D eigenvalue weighted by atomic mass is 10.1. The van der Waals surface area contributed by atoms with Gasteiger partial charge in [-0.2, -0.15) is 0 Å². The summed E-state index contributed by atoms with van der Waals surface area (Å²) in [6, 6.07) is 12.7. The van der Waals surface area contributed by atoms with E-state index < -0.39 is 0 Å². The average Bonchev–Trinajstić information content (AvgIpc) is 2.96. The summed E-state index contributed by atoms with van der Waals surface area (Å²) in [6.07, 6.45) is 1.98. The van der Waals surface area contributed by atoms with Crippen molar-refractivity contribution in [3.05, 3.63) is 59.3 Å². The Labute approximate surface area is 125 Å². The SMILES string of the molecule is COc1c(C)ccc(NCc2cccc3[nH]ccc23)c1C. The van der Waals surface area contributed by atoms with Crippen LogP contribution in [0.15, 0.2) is 42.6 Å². The van der Waals surface area contributed by atoms with Crippen LogP contribution in [0.5, 0.6) is 5.75 Å². The second-order valence-electron chi connectivity index (χ2n) is 5.30. The van der Waals surface area contributed by atoms with Gasteiger partial charge in [0.05, 0.1) is 7.11 Å². The van der Waals surface area contributed by atoms with Gasteiger partial charge in [-0.25, -0.2) is 0 Å². The minimum atomic E-state index is 0.794. The number of hydrogen-bond acceptors (Lipinski definition) is 2. The first-order valence-electron chi connectivity index (χ1n) is 7.13. The summed E-state index contributed by atoms with van der Waals surface area (Å²) in [5.41, 5.74) is 5.89. The van der Waals surface area contributed by atoms with E-state index in [0.29, 0.717) is 0 Å².